The van der Waals surface area contributed by atoms with Crippen LogP contribution in [0.15, 0.2) is 73.1 Å². The number of fused-ring (bicyclic) bond motifs is 1. The number of ether oxygens (including phenoxy) is 1. The Morgan fingerprint density at radius 2 is 1.95 bits per heavy atom. The van der Waals surface area contributed by atoms with E-state index >= 15 is 0 Å². The molecule has 0 radical (unpaired) electrons. The highest BCUT2D eigenvalue weighted by molar-refractivity contribution is 5.95. The average molecular weight is 538 g/mol. The van der Waals surface area contributed by atoms with E-state index in [4.69, 9.17) is 9.72 Å². The highest BCUT2D eigenvalue weighted by Crippen LogP contribution is 2.30. The van der Waals surface area contributed by atoms with Crippen molar-refractivity contribution in [2.75, 3.05) is 25.0 Å². The van der Waals surface area contributed by atoms with Gasteiger partial charge in [-0.1, -0.05) is 12.1 Å². The molecule has 1 saturated carbocycles. The molecule has 4 heterocycles. The Bertz CT molecular complexity index is 1540. The van der Waals surface area contributed by atoms with E-state index in [0.29, 0.717) is 44.2 Å². The van der Waals surface area contributed by atoms with Crippen LogP contribution in [0.2, 0.25) is 0 Å². The van der Waals surface area contributed by atoms with Gasteiger partial charge >= 0.3 is 6.09 Å². The molecule has 2 amide bonds. The van der Waals surface area contributed by atoms with Crippen molar-refractivity contribution in [2.45, 2.75) is 38.8 Å². The number of nitrogens with zero attached hydrogens (tertiary/aromatic N) is 6. The van der Waals surface area contributed by atoms with Crippen LogP contribution in [0.5, 0.6) is 0 Å². The lowest BCUT2D eigenvalue weighted by atomic mass is 10.0. The molecule has 10 nitrogen and oxygen atoms in total. The Morgan fingerprint density at radius 3 is 2.65 bits per heavy atom. The van der Waals surface area contributed by atoms with Gasteiger partial charge in [-0.2, -0.15) is 4.98 Å². The van der Waals surface area contributed by atoms with Gasteiger partial charge in [0.05, 0.1) is 18.8 Å². The van der Waals surface area contributed by atoms with Gasteiger partial charge in [-0.25, -0.2) is 9.31 Å². The van der Waals surface area contributed by atoms with Gasteiger partial charge in [0.15, 0.2) is 5.65 Å². The maximum absolute atomic E-state index is 13.3. The third kappa shape index (κ3) is 5.51. The molecule has 0 bridgehead atoms. The third-order valence-corrected chi connectivity index (χ3v) is 7.14. The number of pyridine rings is 2. The molecule has 0 unspecified atom stereocenters. The summed E-state index contributed by atoms with van der Waals surface area (Å²) in [5.41, 5.74) is 5.17. The number of nitrogens with one attached hydrogen (secondary N) is 1. The molecule has 1 N–H and O–H groups in total. The second kappa shape index (κ2) is 11.2. The topological polar surface area (TPSA) is 105 Å². The summed E-state index contributed by atoms with van der Waals surface area (Å²) in [6.07, 6.45) is 8.15. The number of amides is 2. The van der Waals surface area contributed by atoms with Crippen molar-refractivity contribution in [3.05, 3.63) is 89.9 Å². The Kier molecular flexibility index (Phi) is 7.13. The first-order chi connectivity index (χ1) is 19.6. The van der Waals surface area contributed by atoms with Crippen molar-refractivity contribution in [1.29, 1.82) is 0 Å². The van der Waals surface area contributed by atoms with Crippen LogP contribution in [-0.2, 0) is 11.3 Å². The van der Waals surface area contributed by atoms with Crippen LogP contribution < -0.4 is 5.32 Å². The summed E-state index contributed by atoms with van der Waals surface area (Å²) in [4.78, 5) is 38.1. The molecular formula is C30H31N7O3. The maximum atomic E-state index is 13.3. The minimum atomic E-state index is -0.286. The molecule has 0 spiro atoms. The third-order valence-electron chi connectivity index (χ3n) is 7.14. The highest BCUT2D eigenvalue weighted by Gasteiger charge is 2.33. The van der Waals surface area contributed by atoms with E-state index in [1.807, 2.05) is 78.7 Å². The van der Waals surface area contributed by atoms with Gasteiger partial charge in [0.1, 0.15) is 0 Å². The van der Waals surface area contributed by atoms with E-state index in [1.165, 1.54) is 0 Å². The summed E-state index contributed by atoms with van der Waals surface area (Å²) in [5.74, 6) is 0.475. The van der Waals surface area contributed by atoms with E-state index in [1.54, 1.807) is 15.6 Å². The van der Waals surface area contributed by atoms with E-state index in [2.05, 4.69) is 15.4 Å². The van der Waals surface area contributed by atoms with E-state index in [9.17, 15) is 9.59 Å². The van der Waals surface area contributed by atoms with Crippen molar-refractivity contribution in [3.63, 3.8) is 0 Å². The number of aromatic nitrogens is 4. The van der Waals surface area contributed by atoms with Gasteiger partial charge in [-0.3, -0.25) is 9.78 Å². The number of hydrogen-bond donors (Lipinski definition) is 1. The Hall–Kier alpha value is -4.73. The normalized spacial score (nSPS) is 15.0. The number of hydrogen-bond acceptors (Lipinski definition) is 7. The van der Waals surface area contributed by atoms with Crippen molar-refractivity contribution in [2.24, 2.45) is 0 Å². The molecule has 40 heavy (non-hydrogen) atoms. The molecule has 4 aromatic rings. The summed E-state index contributed by atoms with van der Waals surface area (Å²) < 4.78 is 6.87. The minimum Gasteiger partial charge on any atom is -0.450 e. The molecule has 204 valence electrons. The number of carbonyl (C=O) groups is 2. The van der Waals surface area contributed by atoms with Crippen LogP contribution in [0.1, 0.15) is 47.8 Å². The van der Waals surface area contributed by atoms with Gasteiger partial charge in [0, 0.05) is 48.3 Å². The van der Waals surface area contributed by atoms with Crippen LogP contribution in [0, 0.1) is 0 Å². The molecule has 1 aliphatic heterocycles. The first-order valence-corrected chi connectivity index (χ1v) is 13.6. The predicted octanol–water partition coefficient (Wildman–Crippen LogP) is 4.92. The first kappa shape index (κ1) is 25.5. The van der Waals surface area contributed by atoms with Gasteiger partial charge < -0.3 is 19.9 Å². The molecule has 6 rings (SSSR count). The van der Waals surface area contributed by atoms with Crippen molar-refractivity contribution in [1.82, 2.24) is 29.4 Å². The Morgan fingerprint density at radius 1 is 1.10 bits per heavy atom. The highest BCUT2D eigenvalue weighted by atomic mass is 16.6. The van der Waals surface area contributed by atoms with Gasteiger partial charge in [-0.05, 0) is 80.3 Å². The molecule has 1 fully saturated rings. The summed E-state index contributed by atoms with van der Waals surface area (Å²) >= 11 is 0. The van der Waals surface area contributed by atoms with Crippen molar-refractivity contribution >= 4 is 34.9 Å². The van der Waals surface area contributed by atoms with Crippen LogP contribution in [0.3, 0.4) is 0 Å². The van der Waals surface area contributed by atoms with Gasteiger partial charge in [0.2, 0.25) is 5.95 Å². The summed E-state index contributed by atoms with van der Waals surface area (Å²) in [6.45, 7) is 3.78. The quantitative estimate of drug-likeness (QED) is 0.340. The molecule has 10 heteroatoms. The Labute approximate surface area is 232 Å². The van der Waals surface area contributed by atoms with Crippen molar-refractivity contribution in [3.8, 4) is 0 Å². The molecule has 3 aromatic heterocycles. The van der Waals surface area contributed by atoms with E-state index < -0.39 is 0 Å². The molecular weight excluding hydrogens is 506 g/mol. The lowest BCUT2D eigenvalue weighted by molar-refractivity contribution is 0.0727. The van der Waals surface area contributed by atoms with Crippen LogP contribution in [0.4, 0.5) is 16.4 Å². The Balaban J connectivity index is 1.15. The zero-order valence-electron chi connectivity index (χ0n) is 22.4. The predicted molar refractivity (Wildman–Crippen MR) is 151 cm³/mol. The fourth-order valence-corrected chi connectivity index (χ4v) is 4.91. The minimum absolute atomic E-state index is 0.0116. The standard InChI is InChI=1S/C30H31N7O3/c1-2-40-30(39)35-18-14-21(15-19-35)26-7-5-17-37-27(26)33-29(34-37)32-23-10-8-22(9-11-23)28(38)36(25-12-13-25)20-24-6-3-4-16-31-24/h3-11,14,16-17,25H,2,12-13,15,18-20H2,1H3,(H,32,34). The van der Waals surface area contributed by atoms with Gasteiger partial charge in [0.25, 0.3) is 5.91 Å². The zero-order valence-corrected chi connectivity index (χ0v) is 22.4. The number of carbonyl (C=O) groups excluding carboxylic acids is 2. The van der Waals surface area contributed by atoms with Crippen LogP contribution >= 0.6 is 0 Å². The lowest BCUT2D eigenvalue weighted by Gasteiger charge is -2.25. The summed E-state index contributed by atoms with van der Waals surface area (Å²) in [7, 11) is 0. The largest absolute Gasteiger partial charge is 0.450 e. The zero-order chi connectivity index (χ0) is 27.5. The van der Waals surface area contributed by atoms with Crippen molar-refractivity contribution < 1.29 is 14.3 Å². The number of anilines is 2. The molecule has 2 aliphatic rings. The SMILES string of the molecule is CCOC(=O)N1CC=C(c2cccn3nc(Nc4ccc(C(=O)N(Cc5ccccn5)C5CC5)cc4)nc23)CC1. The maximum Gasteiger partial charge on any atom is 0.410 e. The second-order valence-electron chi connectivity index (χ2n) is 9.94. The molecule has 1 aliphatic carbocycles. The lowest BCUT2D eigenvalue weighted by Crippen LogP contribution is -2.35. The molecule has 0 atom stereocenters. The monoisotopic (exact) mass is 537 g/mol. The van der Waals surface area contributed by atoms with Crippen LogP contribution in [-0.4, -0.2) is 67.1 Å². The number of rotatable bonds is 8. The van der Waals surface area contributed by atoms with Crippen LogP contribution in [0.25, 0.3) is 11.2 Å². The van der Waals surface area contributed by atoms with E-state index in [0.717, 1.165) is 41.0 Å². The molecule has 0 saturated heterocycles. The smallest absolute Gasteiger partial charge is 0.410 e. The average Bonchev–Trinajstić information content (AvgIpc) is 3.75. The van der Waals surface area contributed by atoms with E-state index in [-0.39, 0.29) is 18.0 Å². The first-order valence-electron chi connectivity index (χ1n) is 13.6. The summed E-state index contributed by atoms with van der Waals surface area (Å²) in [6, 6.07) is 17.4. The number of benzene rings is 1. The summed E-state index contributed by atoms with van der Waals surface area (Å²) in [5, 5.41) is 7.86. The fourth-order valence-electron chi connectivity index (χ4n) is 4.91. The second-order valence-corrected chi connectivity index (χ2v) is 9.94. The van der Waals surface area contributed by atoms with Gasteiger partial charge in [-0.15, -0.1) is 5.10 Å². The molecule has 1 aromatic carbocycles. The fraction of sp³-hybridized carbons (Fsp3) is 0.300.